The summed E-state index contributed by atoms with van der Waals surface area (Å²) in [7, 11) is 1.27. The smallest absolute Gasteiger partial charge is 0.421 e. The zero-order valence-electron chi connectivity index (χ0n) is 7.24. The van der Waals surface area contributed by atoms with Gasteiger partial charge in [-0.15, -0.1) is 0 Å². The largest absolute Gasteiger partial charge is 0.452 e. The number of nitrogens with one attached hydrogen (secondary N) is 2. The van der Waals surface area contributed by atoms with Crippen molar-refractivity contribution in [1.29, 1.82) is 5.26 Å². The van der Waals surface area contributed by atoms with E-state index in [0.717, 1.165) is 0 Å². The van der Waals surface area contributed by atoms with Crippen LogP contribution in [0.25, 0.3) is 0 Å². The molecule has 1 amide bonds. The van der Waals surface area contributed by atoms with Crippen LogP contribution in [-0.2, 0) is 9.47 Å². The lowest BCUT2D eigenvalue weighted by atomic mass is 10.2. The standard InChI is InChI=1S/C7H11N3O3/c1-12-7(11)10-9-5-2-3-13-6(5)4-8/h5-6,9H,2-3H2,1H3,(H,10,11). The van der Waals surface area contributed by atoms with Gasteiger partial charge in [0.2, 0.25) is 0 Å². The highest BCUT2D eigenvalue weighted by molar-refractivity contribution is 5.66. The third-order valence-electron chi connectivity index (χ3n) is 1.76. The molecule has 1 aliphatic rings. The summed E-state index contributed by atoms with van der Waals surface area (Å²) in [6.07, 6.45) is -0.386. The van der Waals surface area contributed by atoms with Gasteiger partial charge in [0, 0.05) is 0 Å². The SMILES string of the molecule is COC(=O)NNC1CCOC1C#N. The zero-order valence-corrected chi connectivity index (χ0v) is 7.24. The summed E-state index contributed by atoms with van der Waals surface area (Å²) in [6, 6.07) is 1.82. The van der Waals surface area contributed by atoms with Gasteiger partial charge in [-0.25, -0.2) is 10.2 Å². The van der Waals surface area contributed by atoms with Gasteiger partial charge in [0.15, 0.2) is 6.10 Å². The normalized spacial score (nSPS) is 26.5. The molecular formula is C7H11N3O3. The second-order valence-electron chi connectivity index (χ2n) is 2.58. The van der Waals surface area contributed by atoms with Crippen molar-refractivity contribution in [3.63, 3.8) is 0 Å². The number of nitrogens with zero attached hydrogens (tertiary/aromatic N) is 1. The maximum absolute atomic E-state index is 10.6. The number of hydrazine groups is 1. The maximum atomic E-state index is 10.6. The van der Waals surface area contributed by atoms with Crippen LogP contribution in [0.2, 0.25) is 0 Å². The van der Waals surface area contributed by atoms with Crippen LogP contribution in [0.4, 0.5) is 4.79 Å². The number of carbonyl (C=O) groups is 1. The van der Waals surface area contributed by atoms with Crippen LogP contribution >= 0.6 is 0 Å². The Morgan fingerprint density at radius 3 is 3.15 bits per heavy atom. The Bertz CT molecular complexity index is 226. The minimum absolute atomic E-state index is 0.163. The summed E-state index contributed by atoms with van der Waals surface area (Å²) in [5.41, 5.74) is 4.96. The number of amides is 1. The lowest BCUT2D eigenvalue weighted by Crippen LogP contribution is -2.47. The van der Waals surface area contributed by atoms with Gasteiger partial charge >= 0.3 is 6.09 Å². The maximum Gasteiger partial charge on any atom is 0.421 e. The number of methoxy groups -OCH3 is 1. The molecule has 2 atom stereocenters. The summed E-state index contributed by atoms with van der Waals surface area (Å²) in [4.78, 5) is 10.6. The van der Waals surface area contributed by atoms with E-state index in [1.165, 1.54) is 7.11 Å². The second-order valence-corrected chi connectivity index (χ2v) is 2.58. The first-order chi connectivity index (χ1) is 6.27. The first-order valence-electron chi connectivity index (χ1n) is 3.88. The van der Waals surface area contributed by atoms with Crippen molar-refractivity contribution in [1.82, 2.24) is 10.9 Å². The Balaban J connectivity index is 2.29. The lowest BCUT2D eigenvalue weighted by molar-refractivity contribution is 0.132. The van der Waals surface area contributed by atoms with Gasteiger partial charge in [-0.2, -0.15) is 5.26 Å². The monoisotopic (exact) mass is 185 g/mol. The van der Waals surface area contributed by atoms with Crippen LogP contribution < -0.4 is 10.9 Å². The van der Waals surface area contributed by atoms with E-state index in [2.05, 4.69) is 15.6 Å². The van der Waals surface area contributed by atoms with Gasteiger partial charge in [0.05, 0.1) is 25.8 Å². The van der Waals surface area contributed by atoms with Gasteiger partial charge < -0.3 is 9.47 Å². The average Bonchev–Trinajstić information content (AvgIpc) is 2.61. The van der Waals surface area contributed by atoms with E-state index in [9.17, 15) is 4.79 Å². The number of rotatable bonds is 2. The molecule has 0 spiro atoms. The Morgan fingerprint density at radius 1 is 1.77 bits per heavy atom. The Labute approximate surface area is 75.8 Å². The molecule has 1 rings (SSSR count). The quantitative estimate of drug-likeness (QED) is 0.568. The fraction of sp³-hybridized carbons (Fsp3) is 0.714. The molecule has 1 saturated heterocycles. The molecule has 0 aliphatic carbocycles. The third kappa shape index (κ3) is 2.57. The van der Waals surface area contributed by atoms with Crippen LogP contribution in [0.15, 0.2) is 0 Å². The molecule has 13 heavy (non-hydrogen) atoms. The minimum atomic E-state index is -0.580. The van der Waals surface area contributed by atoms with E-state index in [1.54, 1.807) is 0 Å². The molecule has 2 N–H and O–H groups in total. The van der Waals surface area contributed by atoms with Crippen molar-refractivity contribution < 1.29 is 14.3 Å². The average molecular weight is 185 g/mol. The summed E-state index contributed by atoms with van der Waals surface area (Å²) in [6.45, 7) is 0.527. The predicted octanol–water partition coefficient (Wildman–Crippen LogP) is -0.472. The molecule has 0 aromatic rings. The molecule has 0 radical (unpaired) electrons. The Kier molecular flexibility index (Phi) is 3.49. The number of ether oxygens (including phenoxy) is 2. The minimum Gasteiger partial charge on any atom is -0.452 e. The second kappa shape index (κ2) is 4.64. The molecule has 0 bridgehead atoms. The molecule has 0 aromatic carbocycles. The highest BCUT2D eigenvalue weighted by atomic mass is 16.5. The Morgan fingerprint density at radius 2 is 2.54 bits per heavy atom. The third-order valence-corrected chi connectivity index (χ3v) is 1.76. The van der Waals surface area contributed by atoms with Gasteiger partial charge in [-0.3, -0.25) is 5.43 Å². The van der Waals surface area contributed by atoms with Gasteiger partial charge in [0.1, 0.15) is 0 Å². The van der Waals surface area contributed by atoms with E-state index in [0.29, 0.717) is 13.0 Å². The molecule has 1 aliphatic heterocycles. The van der Waals surface area contributed by atoms with Crippen molar-refractivity contribution in [2.75, 3.05) is 13.7 Å². The molecule has 1 heterocycles. The van der Waals surface area contributed by atoms with Crippen molar-refractivity contribution in [2.45, 2.75) is 18.6 Å². The van der Waals surface area contributed by atoms with Crippen LogP contribution in [0.1, 0.15) is 6.42 Å². The van der Waals surface area contributed by atoms with Crippen molar-refractivity contribution >= 4 is 6.09 Å². The number of nitriles is 1. The van der Waals surface area contributed by atoms with Crippen molar-refractivity contribution in [2.24, 2.45) is 0 Å². The summed E-state index contributed by atoms with van der Waals surface area (Å²) in [5, 5.41) is 8.60. The summed E-state index contributed by atoms with van der Waals surface area (Å²) in [5.74, 6) is 0. The molecule has 0 aromatic heterocycles. The predicted molar refractivity (Wildman–Crippen MR) is 42.4 cm³/mol. The van der Waals surface area contributed by atoms with Crippen molar-refractivity contribution in [3.8, 4) is 6.07 Å². The van der Waals surface area contributed by atoms with Gasteiger partial charge in [0.25, 0.3) is 0 Å². The van der Waals surface area contributed by atoms with E-state index in [1.807, 2.05) is 6.07 Å². The van der Waals surface area contributed by atoms with E-state index < -0.39 is 12.2 Å². The van der Waals surface area contributed by atoms with Crippen LogP contribution in [0.5, 0.6) is 0 Å². The fourth-order valence-corrected chi connectivity index (χ4v) is 1.07. The lowest BCUT2D eigenvalue weighted by Gasteiger charge is -2.13. The Hall–Kier alpha value is -1.32. The number of hydrogen-bond donors (Lipinski definition) is 2. The number of hydrogen-bond acceptors (Lipinski definition) is 5. The van der Waals surface area contributed by atoms with Gasteiger partial charge in [-0.05, 0) is 6.42 Å². The first kappa shape index (κ1) is 9.77. The molecule has 1 fully saturated rings. The van der Waals surface area contributed by atoms with E-state index in [4.69, 9.17) is 10.00 Å². The molecule has 72 valence electrons. The zero-order chi connectivity index (χ0) is 9.68. The molecular weight excluding hydrogens is 174 g/mol. The highest BCUT2D eigenvalue weighted by Crippen LogP contribution is 2.11. The van der Waals surface area contributed by atoms with E-state index >= 15 is 0 Å². The molecule has 2 unspecified atom stereocenters. The number of carbonyl (C=O) groups excluding carboxylic acids is 1. The summed E-state index contributed by atoms with van der Waals surface area (Å²) >= 11 is 0. The first-order valence-corrected chi connectivity index (χ1v) is 3.88. The van der Waals surface area contributed by atoms with Gasteiger partial charge in [-0.1, -0.05) is 0 Å². The molecule has 6 heteroatoms. The topological polar surface area (TPSA) is 83.4 Å². The summed E-state index contributed by atoms with van der Waals surface area (Å²) < 4.78 is 9.41. The molecule has 6 nitrogen and oxygen atoms in total. The van der Waals surface area contributed by atoms with Crippen LogP contribution in [-0.4, -0.2) is 32.0 Å². The van der Waals surface area contributed by atoms with Crippen LogP contribution in [0.3, 0.4) is 0 Å². The van der Waals surface area contributed by atoms with Crippen molar-refractivity contribution in [3.05, 3.63) is 0 Å². The van der Waals surface area contributed by atoms with Crippen LogP contribution in [0, 0.1) is 11.3 Å². The van der Waals surface area contributed by atoms with E-state index in [-0.39, 0.29) is 6.04 Å². The highest BCUT2D eigenvalue weighted by Gasteiger charge is 2.28. The fourth-order valence-electron chi connectivity index (χ4n) is 1.07. The molecule has 0 saturated carbocycles.